The molecule has 0 spiro atoms. The van der Waals surface area contributed by atoms with Crippen molar-refractivity contribution in [1.29, 1.82) is 0 Å². The van der Waals surface area contributed by atoms with E-state index in [1.54, 1.807) is 0 Å². The second-order valence-corrected chi connectivity index (χ2v) is 8.81. The normalized spacial score (nSPS) is 34.8. The molecule has 6 nitrogen and oxygen atoms in total. The number of urea groups is 1. The van der Waals surface area contributed by atoms with Crippen LogP contribution < -0.4 is 10.0 Å². The van der Waals surface area contributed by atoms with Crippen LogP contribution in [-0.4, -0.2) is 51.3 Å². The Kier molecular flexibility index (Phi) is 4.14. The summed E-state index contributed by atoms with van der Waals surface area (Å²) in [5.41, 5.74) is 0. The minimum atomic E-state index is -3.18. The van der Waals surface area contributed by atoms with Crippen molar-refractivity contribution < 1.29 is 13.2 Å². The molecule has 21 heavy (non-hydrogen) atoms. The molecule has 0 aromatic rings. The number of nitrogens with zero attached hydrogens (tertiary/aromatic N) is 1. The minimum absolute atomic E-state index is 0.0245. The third-order valence-electron chi connectivity index (χ3n) is 5.13. The summed E-state index contributed by atoms with van der Waals surface area (Å²) < 4.78 is 24.4. The van der Waals surface area contributed by atoms with Gasteiger partial charge in [0.25, 0.3) is 0 Å². The van der Waals surface area contributed by atoms with E-state index in [-0.39, 0.29) is 12.6 Å². The summed E-state index contributed by atoms with van der Waals surface area (Å²) in [6, 6.07) is 0.368. The number of carbonyl (C=O) groups excluding carboxylic acids is 1. The van der Waals surface area contributed by atoms with Crippen molar-refractivity contribution in [2.24, 2.45) is 17.8 Å². The summed E-state index contributed by atoms with van der Waals surface area (Å²) in [5.74, 6) is 2.30. The van der Waals surface area contributed by atoms with Crippen LogP contribution in [0.25, 0.3) is 0 Å². The lowest BCUT2D eigenvalue weighted by molar-refractivity contribution is 0.132. The molecule has 120 valence electrons. The molecule has 2 N–H and O–H groups in total. The molecule has 2 amide bonds. The smallest absolute Gasteiger partial charge is 0.317 e. The van der Waals surface area contributed by atoms with E-state index in [0.717, 1.165) is 37.5 Å². The van der Waals surface area contributed by atoms with E-state index in [1.807, 2.05) is 4.90 Å². The molecule has 2 saturated carbocycles. The lowest BCUT2D eigenvalue weighted by Gasteiger charge is -2.38. The molecule has 2 aliphatic carbocycles. The van der Waals surface area contributed by atoms with Gasteiger partial charge in [0.1, 0.15) is 0 Å². The van der Waals surface area contributed by atoms with Crippen molar-refractivity contribution in [3.8, 4) is 0 Å². The fraction of sp³-hybridized carbons (Fsp3) is 0.929. The average molecular weight is 315 g/mol. The van der Waals surface area contributed by atoms with Crippen molar-refractivity contribution in [2.75, 3.05) is 25.9 Å². The second kappa shape index (κ2) is 5.76. The first-order valence-corrected chi connectivity index (χ1v) is 9.79. The zero-order chi connectivity index (χ0) is 15.0. The molecule has 2 heterocycles. The van der Waals surface area contributed by atoms with E-state index in [1.165, 1.54) is 19.3 Å². The highest BCUT2D eigenvalue weighted by Crippen LogP contribution is 2.47. The zero-order valence-electron chi connectivity index (χ0n) is 12.5. The molecule has 4 fully saturated rings. The quantitative estimate of drug-likeness (QED) is 0.752. The predicted octanol–water partition coefficient (Wildman–Crippen LogP) is 0.756. The maximum absolute atomic E-state index is 12.4. The van der Waals surface area contributed by atoms with Gasteiger partial charge >= 0.3 is 6.03 Å². The molecule has 4 rings (SSSR count). The second-order valence-electron chi connectivity index (χ2n) is 6.98. The molecule has 2 atom stereocenters. The fourth-order valence-corrected chi connectivity index (χ4v) is 5.01. The lowest BCUT2D eigenvalue weighted by Crippen LogP contribution is -2.48. The van der Waals surface area contributed by atoms with Crippen LogP contribution in [0, 0.1) is 17.8 Å². The van der Waals surface area contributed by atoms with Crippen molar-refractivity contribution in [1.82, 2.24) is 14.9 Å². The summed E-state index contributed by atoms with van der Waals surface area (Å²) in [6.07, 6.45) is 7.36. The lowest BCUT2D eigenvalue weighted by atomic mass is 9.68. The van der Waals surface area contributed by atoms with Crippen LogP contribution in [-0.2, 0) is 10.0 Å². The number of carbonyl (C=O) groups is 1. The van der Waals surface area contributed by atoms with E-state index < -0.39 is 10.0 Å². The summed E-state index contributed by atoms with van der Waals surface area (Å²) in [7, 11) is -3.18. The Balaban J connectivity index is 1.53. The third-order valence-corrected chi connectivity index (χ3v) is 5.86. The van der Waals surface area contributed by atoms with Crippen molar-refractivity contribution in [3.63, 3.8) is 0 Å². The molecule has 0 radical (unpaired) electrons. The Morgan fingerprint density at radius 3 is 2.29 bits per heavy atom. The molecule has 7 heteroatoms. The first kappa shape index (κ1) is 15.1. The van der Waals surface area contributed by atoms with Gasteiger partial charge in [0, 0.05) is 25.7 Å². The van der Waals surface area contributed by atoms with Gasteiger partial charge in [0.15, 0.2) is 0 Å². The highest BCUT2D eigenvalue weighted by atomic mass is 32.2. The average Bonchev–Trinajstić information content (AvgIpc) is 2.57. The molecule has 2 aliphatic heterocycles. The Bertz CT molecular complexity index is 494. The molecule has 2 unspecified atom stereocenters. The number of fused-ring (bicyclic) bond motifs is 1. The molecule has 4 aliphatic rings. The maximum atomic E-state index is 12.4. The highest BCUT2D eigenvalue weighted by molar-refractivity contribution is 7.88. The molecular formula is C14H25N3O3S. The Morgan fingerprint density at radius 2 is 1.67 bits per heavy atom. The van der Waals surface area contributed by atoms with Gasteiger partial charge in [0.05, 0.1) is 6.26 Å². The number of sulfonamides is 1. The van der Waals surface area contributed by atoms with Gasteiger partial charge in [0.2, 0.25) is 10.0 Å². The first-order valence-electron chi connectivity index (χ1n) is 7.90. The van der Waals surface area contributed by atoms with Crippen LogP contribution >= 0.6 is 0 Å². The SMILES string of the molecule is CS(=O)(=O)NCCNC(=O)N1CC2CC3CC(C2)CC1C3. The van der Waals surface area contributed by atoms with E-state index in [2.05, 4.69) is 10.0 Å². The number of amides is 2. The summed E-state index contributed by atoms with van der Waals surface area (Å²) >= 11 is 0. The molecule has 2 saturated heterocycles. The van der Waals surface area contributed by atoms with Crippen LogP contribution in [0.3, 0.4) is 0 Å². The van der Waals surface area contributed by atoms with Gasteiger partial charge < -0.3 is 10.2 Å². The number of rotatable bonds is 4. The highest BCUT2D eigenvalue weighted by Gasteiger charge is 2.43. The van der Waals surface area contributed by atoms with E-state index >= 15 is 0 Å². The fourth-order valence-electron chi connectivity index (χ4n) is 4.54. The minimum Gasteiger partial charge on any atom is -0.337 e. The first-order chi connectivity index (χ1) is 9.90. The van der Waals surface area contributed by atoms with Gasteiger partial charge in [-0.25, -0.2) is 17.9 Å². The van der Waals surface area contributed by atoms with Crippen LogP contribution in [0.15, 0.2) is 0 Å². The van der Waals surface area contributed by atoms with Crippen LogP contribution in [0.4, 0.5) is 4.79 Å². The predicted molar refractivity (Wildman–Crippen MR) is 80.3 cm³/mol. The Morgan fingerprint density at radius 1 is 1.05 bits per heavy atom. The topological polar surface area (TPSA) is 78.5 Å². The third kappa shape index (κ3) is 3.69. The van der Waals surface area contributed by atoms with Crippen LogP contribution in [0.5, 0.6) is 0 Å². The van der Waals surface area contributed by atoms with Gasteiger partial charge in [-0.3, -0.25) is 0 Å². The molecule has 0 aromatic heterocycles. The van der Waals surface area contributed by atoms with Gasteiger partial charge in [-0.1, -0.05) is 0 Å². The Labute approximate surface area is 126 Å². The number of hydrogen-bond donors (Lipinski definition) is 2. The summed E-state index contributed by atoms with van der Waals surface area (Å²) in [4.78, 5) is 14.4. The zero-order valence-corrected chi connectivity index (χ0v) is 13.4. The van der Waals surface area contributed by atoms with E-state index in [9.17, 15) is 13.2 Å². The van der Waals surface area contributed by atoms with E-state index in [0.29, 0.717) is 18.5 Å². The van der Waals surface area contributed by atoms with Crippen molar-refractivity contribution in [2.45, 2.75) is 38.1 Å². The largest absolute Gasteiger partial charge is 0.337 e. The maximum Gasteiger partial charge on any atom is 0.317 e. The van der Waals surface area contributed by atoms with Gasteiger partial charge in [-0.2, -0.15) is 0 Å². The standard InChI is InChI=1S/C14H25N3O3S/c1-21(19,20)16-3-2-15-14(18)17-9-12-5-10-4-11(6-12)8-13(17)7-10/h10-13,16H,2-9H2,1H3,(H,15,18). The summed E-state index contributed by atoms with van der Waals surface area (Å²) in [5, 5.41) is 2.86. The van der Waals surface area contributed by atoms with Crippen LogP contribution in [0.1, 0.15) is 32.1 Å². The monoisotopic (exact) mass is 315 g/mol. The van der Waals surface area contributed by atoms with Gasteiger partial charge in [-0.15, -0.1) is 0 Å². The van der Waals surface area contributed by atoms with Crippen molar-refractivity contribution >= 4 is 16.1 Å². The number of nitrogens with one attached hydrogen (secondary N) is 2. The summed E-state index contributed by atoms with van der Waals surface area (Å²) in [6.45, 7) is 1.47. The van der Waals surface area contributed by atoms with Crippen molar-refractivity contribution in [3.05, 3.63) is 0 Å². The van der Waals surface area contributed by atoms with Crippen LogP contribution in [0.2, 0.25) is 0 Å². The van der Waals surface area contributed by atoms with E-state index in [4.69, 9.17) is 0 Å². The molecule has 4 bridgehead atoms. The molecule has 0 aromatic carbocycles. The molecular weight excluding hydrogens is 290 g/mol. The van der Waals surface area contributed by atoms with Gasteiger partial charge in [-0.05, 0) is 49.9 Å². The Hall–Kier alpha value is -0.820. The number of hydrogen-bond acceptors (Lipinski definition) is 3.